The summed E-state index contributed by atoms with van der Waals surface area (Å²) in [4.78, 5) is 26.1. The third-order valence-electron chi connectivity index (χ3n) is 3.93. The summed E-state index contributed by atoms with van der Waals surface area (Å²) in [7, 11) is 0. The van der Waals surface area contributed by atoms with Gasteiger partial charge in [-0.15, -0.1) is 0 Å². The van der Waals surface area contributed by atoms with E-state index < -0.39 is 16.7 Å². The number of hydrogen-bond donors (Lipinski definition) is 1. The molecule has 0 spiro atoms. The van der Waals surface area contributed by atoms with Crippen LogP contribution in [0.3, 0.4) is 0 Å². The number of nitrogens with zero attached hydrogens (tertiary/aromatic N) is 2. The number of carbonyl (C=O) groups is 1. The van der Waals surface area contributed by atoms with Crippen molar-refractivity contribution in [2.75, 3.05) is 0 Å². The van der Waals surface area contributed by atoms with Crippen molar-refractivity contribution in [2.45, 2.75) is 37.8 Å². The van der Waals surface area contributed by atoms with Crippen molar-refractivity contribution in [3.63, 3.8) is 0 Å². The zero-order valence-electron chi connectivity index (χ0n) is 12.9. The lowest BCUT2D eigenvalue weighted by Crippen LogP contribution is -2.39. The Bertz CT molecular complexity index is 708. The number of furan rings is 1. The Balaban J connectivity index is 1.48. The van der Waals surface area contributed by atoms with E-state index in [0.717, 1.165) is 25.7 Å². The van der Waals surface area contributed by atoms with E-state index in [1.807, 2.05) is 18.2 Å². The number of hydrogen-bond acceptors (Lipinski definition) is 6. The van der Waals surface area contributed by atoms with Crippen molar-refractivity contribution in [3.8, 4) is 5.88 Å². The summed E-state index contributed by atoms with van der Waals surface area (Å²) in [6.07, 6.45) is 4.92. The molecule has 2 aromatic heterocycles. The van der Waals surface area contributed by atoms with Crippen LogP contribution in [0.1, 0.15) is 36.2 Å². The fourth-order valence-corrected chi connectivity index (χ4v) is 2.72. The molecule has 8 nitrogen and oxygen atoms in total. The van der Waals surface area contributed by atoms with E-state index in [0.29, 0.717) is 5.88 Å². The van der Waals surface area contributed by atoms with Gasteiger partial charge >= 0.3 is 5.88 Å². The Morgan fingerprint density at radius 3 is 2.67 bits per heavy atom. The first-order valence-electron chi connectivity index (χ1n) is 7.74. The van der Waals surface area contributed by atoms with Gasteiger partial charge in [0.15, 0.2) is 5.76 Å². The lowest BCUT2D eigenvalue weighted by atomic mass is 9.93. The highest BCUT2D eigenvalue weighted by Gasteiger charge is 2.25. The Labute approximate surface area is 138 Å². The summed E-state index contributed by atoms with van der Waals surface area (Å²) in [5.41, 5.74) is 0. The molecule has 24 heavy (non-hydrogen) atoms. The highest BCUT2D eigenvalue weighted by atomic mass is 16.6. The van der Waals surface area contributed by atoms with Crippen LogP contribution in [0.5, 0.6) is 5.88 Å². The molecular weight excluding hydrogens is 314 g/mol. The van der Waals surface area contributed by atoms with Gasteiger partial charge in [-0.3, -0.25) is 14.9 Å². The molecule has 0 unspecified atom stereocenters. The van der Waals surface area contributed by atoms with E-state index in [-0.39, 0.29) is 17.9 Å². The summed E-state index contributed by atoms with van der Waals surface area (Å²) >= 11 is 0. The maximum atomic E-state index is 12.1. The van der Waals surface area contributed by atoms with Crippen molar-refractivity contribution in [2.24, 2.45) is 0 Å². The first-order valence-corrected chi connectivity index (χ1v) is 7.74. The molecule has 0 saturated heterocycles. The van der Waals surface area contributed by atoms with Gasteiger partial charge in [0.2, 0.25) is 5.88 Å². The number of aromatic nitrogens is 1. The van der Waals surface area contributed by atoms with E-state index in [1.165, 1.54) is 12.1 Å². The van der Waals surface area contributed by atoms with Crippen LogP contribution in [-0.4, -0.2) is 28.0 Å². The monoisotopic (exact) mass is 331 g/mol. The summed E-state index contributed by atoms with van der Waals surface area (Å²) < 4.78 is 10.7. The highest BCUT2D eigenvalue weighted by Crippen LogP contribution is 2.23. The van der Waals surface area contributed by atoms with Crippen LogP contribution >= 0.6 is 0 Å². The molecular formula is C16H17N3O5. The molecule has 1 N–H and O–H groups in total. The molecule has 1 aliphatic carbocycles. The van der Waals surface area contributed by atoms with Gasteiger partial charge in [-0.25, -0.2) is 4.98 Å². The zero-order chi connectivity index (χ0) is 16.9. The molecule has 0 aromatic carbocycles. The Kier molecular flexibility index (Phi) is 4.74. The summed E-state index contributed by atoms with van der Waals surface area (Å²) in [5, 5.41) is 13.4. The maximum Gasteiger partial charge on any atom is 0.433 e. The van der Waals surface area contributed by atoms with Gasteiger partial charge in [0, 0.05) is 18.3 Å². The quantitative estimate of drug-likeness (QED) is 0.666. The molecule has 2 aromatic rings. The standard InChI is InChI=1S/C16H17N3O5/c20-16(13-8-9-15(24-13)19(21)22)18-11-4-6-12(7-5-11)23-14-3-1-2-10-17-14/h1-3,8-12H,4-7H2,(H,18,20). The predicted octanol–water partition coefficient (Wildman–Crippen LogP) is 2.70. The van der Waals surface area contributed by atoms with Crippen molar-refractivity contribution < 1.29 is 18.9 Å². The van der Waals surface area contributed by atoms with Crippen LogP contribution in [0, 0.1) is 10.1 Å². The summed E-state index contributed by atoms with van der Waals surface area (Å²) in [6, 6.07) is 8.01. The Hall–Kier alpha value is -2.90. The average Bonchev–Trinajstić information content (AvgIpc) is 3.08. The van der Waals surface area contributed by atoms with Gasteiger partial charge in [0.05, 0.1) is 6.07 Å². The molecule has 1 fully saturated rings. The zero-order valence-corrected chi connectivity index (χ0v) is 12.9. The number of rotatable bonds is 5. The van der Waals surface area contributed by atoms with Crippen LogP contribution in [0.2, 0.25) is 0 Å². The third-order valence-corrected chi connectivity index (χ3v) is 3.93. The van der Waals surface area contributed by atoms with Crippen LogP contribution in [0.15, 0.2) is 40.9 Å². The van der Waals surface area contributed by atoms with Gasteiger partial charge in [0.25, 0.3) is 5.91 Å². The van der Waals surface area contributed by atoms with Crippen molar-refractivity contribution >= 4 is 11.8 Å². The molecule has 126 valence electrons. The van der Waals surface area contributed by atoms with Gasteiger partial charge in [0.1, 0.15) is 11.0 Å². The Morgan fingerprint density at radius 1 is 1.25 bits per heavy atom. The SMILES string of the molecule is O=C(NC1CCC(Oc2ccccn2)CC1)c1ccc([N+](=O)[O-])o1. The lowest BCUT2D eigenvalue weighted by molar-refractivity contribution is -0.402. The lowest BCUT2D eigenvalue weighted by Gasteiger charge is -2.28. The fraction of sp³-hybridized carbons (Fsp3) is 0.375. The summed E-state index contributed by atoms with van der Waals surface area (Å²) in [5.74, 6) is -0.314. The van der Waals surface area contributed by atoms with E-state index in [4.69, 9.17) is 9.15 Å². The topological polar surface area (TPSA) is 108 Å². The van der Waals surface area contributed by atoms with Crippen molar-refractivity contribution in [3.05, 3.63) is 52.4 Å². The van der Waals surface area contributed by atoms with Crippen molar-refractivity contribution in [1.82, 2.24) is 10.3 Å². The predicted molar refractivity (Wildman–Crippen MR) is 83.7 cm³/mol. The largest absolute Gasteiger partial charge is 0.474 e. The minimum Gasteiger partial charge on any atom is -0.474 e. The molecule has 1 amide bonds. The minimum absolute atomic E-state index is 0.00485. The second kappa shape index (κ2) is 7.12. The first-order chi connectivity index (χ1) is 11.6. The van der Waals surface area contributed by atoms with Gasteiger partial charge in [-0.05, 0) is 37.8 Å². The van der Waals surface area contributed by atoms with Gasteiger partial charge < -0.3 is 14.5 Å². The molecule has 0 atom stereocenters. The molecule has 2 heterocycles. The van der Waals surface area contributed by atoms with Gasteiger partial charge in [-0.1, -0.05) is 6.07 Å². The first kappa shape index (κ1) is 16.0. The molecule has 8 heteroatoms. The second-order valence-electron chi connectivity index (χ2n) is 5.63. The maximum absolute atomic E-state index is 12.1. The highest BCUT2D eigenvalue weighted by molar-refractivity contribution is 5.91. The third kappa shape index (κ3) is 3.89. The number of nitrogens with one attached hydrogen (secondary N) is 1. The van der Waals surface area contributed by atoms with Gasteiger partial charge in [-0.2, -0.15) is 0 Å². The van der Waals surface area contributed by atoms with E-state index in [1.54, 1.807) is 6.20 Å². The second-order valence-corrected chi connectivity index (χ2v) is 5.63. The fourth-order valence-electron chi connectivity index (χ4n) is 2.72. The number of amides is 1. The van der Waals surface area contributed by atoms with Crippen LogP contribution in [0.4, 0.5) is 5.88 Å². The smallest absolute Gasteiger partial charge is 0.433 e. The van der Waals surface area contributed by atoms with Crippen LogP contribution in [-0.2, 0) is 0 Å². The summed E-state index contributed by atoms with van der Waals surface area (Å²) in [6.45, 7) is 0. The molecule has 3 rings (SSSR count). The number of pyridine rings is 1. The van der Waals surface area contributed by atoms with E-state index in [2.05, 4.69) is 10.3 Å². The minimum atomic E-state index is -0.670. The van der Waals surface area contributed by atoms with Crippen LogP contribution < -0.4 is 10.1 Å². The molecule has 0 radical (unpaired) electrons. The van der Waals surface area contributed by atoms with E-state index in [9.17, 15) is 14.9 Å². The van der Waals surface area contributed by atoms with E-state index >= 15 is 0 Å². The number of ether oxygens (including phenoxy) is 1. The molecule has 0 aliphatic heterocycles. The molecule has 1 aliphatic rings. The normalized spacial score (nSPS) is 20.3. The number of nitro groups is 1. The van der Waals surface area contributed by atoms with Crippen LogP contribution in [0.25, 0.3) is 0 Å². The van der Waals surface area contributed by atoms with Crippen molar-refractivity contribution in [1.29, 1.82) is 0 Å². The molecule has 0 bridgehead atoms. The Morgan fingerprint density at radius 2 is 2.04 bits per heavy atom. The molecule has 1 saturated carbocycles. The number of carbonyl (C=O) groups excluding carboxylic acids is 1. The average molecular weight is 331 g/mol.